The van der Waals surface area contributed by atoms with Gasteiger partial charge in [0.2, 0.25) is 5.91 Å². The molecule has 11 nitrogen and oxygen atoms in total. The number of amides is 1. The van der Waals surface area contributed by atoms with E-state index in [-0.39, 0.29) is 19.4 Å². The van der Waals surface area contributed by atoms with Crippen LogP contribution in [0.5, 0.6) is 0 Å². The van der Waals surface area contributed by atoms with Gasteiger partial charge in [-0.05, 0) is 109 Å². The van der Waals surface area contributed by atoms with Crippen LogP contribution in [0.3, 0.4) is 0 Å². The number of unbranched alkanes of at least 4 members (excludes halogenated alkanes) is 25. The molecule has 470 valence electrons. The van der Waals surface area contributed by atoms with Crippen molar-refractivity contribution in [2.24, 2.45) is 0 Å². The van der Waals surface area contributed by atoms with Crippen LogP contribution in [0.2, 0.25) is 0 Å². The van der Waals surface area contributed by atoms with Crippen molar-refractivity contribution in [3.63, 3.8) is 0 Å². The van der Waals surface area contributed by atoms with Crippen molar-refractivity contribution in [1.29, 1.82) is 0 Å². The van der Waals surface area contributed by atoms with Gasteiger partial charge in [0.1, 0.15) is 24.4 Å². The fourth-order valence-electron chi connectivity index (χ4n) is 9.69. The van der Waals surface area contributed by atoms with Gasteiger partial charge < -0.3 is 45.1 Å². The van der Waals surface area contributed by atoms with Gasteiger partial charge >= 0.3 is 5.97 Å². The second-order valence-electron chi connectivity index (χ2n) is 22.5. The summed E-state index contributed by atoms with van der Waals surface area (Å²) in [6.45, 7) is 5.63. The second-order valence-corrected chi connectivity index (χ2v) is 22.5. The number of carbonyl (C=O) groups is 2. The van der Waals surface area contributed by atoms with Gasteiger partial charge in [-0.25, -0.2) is 0 Å². The molecule has 1 aliphatic heterocycles. The smallest absolute Gasteiger partial charge is 0.306 e. The summed E-state index contributed by atoms with van der Waals surface area (Å²) < 4.78 is 17.6. The molecule has 1 rings (SSSR count). The van der Waals surface area contributed by atoms with E-state index < -0.39 is 67.4 Å². The summed E-state index contributed by atoms with van der Waals surface area (Å²) in [5.41, 5.74) is 0. The highest BCUT2D eigenvalue weighted by Crippen LogP contribution is 2.26. The van der Waals surface area contributed by atoms with Crippen LogP contribution in [0.15, 0.2) is 109 Å². The van der Waals surface area contributed by atoms with Crippen LogP contribution in [0.4, 0.5) is 0 Å². The number of allylic oxidation sites excluding steroid dienone is 17. The monoisotopic (exact) mass is 1150 g/mol. The standard InChI is InChI=1S/C71H121NO10/c1-4-7-10-13-16-19-22-25-27-29-31-33-35-37-39-41-44-47-50-53-56-59-66(76)82-69-68(78)67(77)65(60-73)81-71(69)80-61-62(63(74)57-54-51-48-45-42-24-21-18-15-12-9-6-3)72-70(79)64(75)58-55-52-49-46-43-40-38-36-34-32-30-28-26-23-20-17-14-11-8-5-2/h8,11,16-17,19-20,25-28,32,34,38,40,46,49,54,57,62-65,67-69,71,73-75,77-78H,4-7,9-10,12-15,18,21-24,29-31,33,35-37,39,41-45,47-48,50-53,55-56,58-61H2,1-3H3,(H,72,79)/b11-8-,19-16-,20-17-,27-25-,28-26-,34-32-,40-38-,49-46-,57-54+. The molecular formula is C71H121NO10. The van der Waals surface area contributed by atoms with Gasteiger partial charge in [-0.15, -0.1) is 0 Å². The number of aliphatic hydroxyl groups is 5. The predicted octanol–water partition coefficient (Wildman–Crippen LogP) is 16.4. The van der Waals surface area contributed by atoms with E-state index in [1.807, 2.05) is 12.2 Å². The lowest BCUT2D eigenvalue weighted by Crippen LogP contribution is -2.61. The number of esters is 1. The van der Waals surface area contributed by atoms with Crippen molar-refractivity contribution in [2.75, 3.05) is 13.2 Å². The van der Waals surface area contributed by atoms with Crippen LogP contribution in [0, 0.1) is 0 Å². The van der Waals surface area contributed by atoms with E-state index in [9.17, 15) is 35.1 Å². The summed E-state index contributed by atoms with van der Waals surface area (Å²) in [6, 6.07) is -1.05. The van der Waals surface area contributed by atoms with Crippen LogP contribution < -0.4 is 5.32 Å². The number of carbonyl (C=O) groups excluding carboxylic acids is 2. The number of hydrogen-bond acceptors (Lipinski definition) is 10. The molecular weight excluding hydrogens is 1030 g/mol. The first-order valence-electron chi connectivity index (χ1n) is 33.2. The molecule has 0 saturated carbocycles. The molecule has 0 bridgehead atoms. The van der Waals surface area contributed by atoms with E-state index in [1.165, 1.54) is 116 Å². The Bertz CT molecular complexity index is 1750. The van der Waals surface area contributed by atoms with Crippen molar-refractivity contribution in [2.45, 2.75) is 314 Å². The van der Waals surface area contributed by atoms with Crippen LogP contribution in [0.25, 0.3) is 0 Å². The van der Waals surface area contributed by atoms with E-state index in [0.29, 0.717) is 19.3 Å². The van der Waals surface area contributed by atoms with E-state index in [2.05, 4.69) is 117 Å². The lowest BCUT2D eigenvalue weighted by molar-refractivity contribution is -0.305. The van der Waals surface area contributed by atoms with Crippen molar-refractivity contribution in [3.05, 3.63) is 109 Å². The molecule has 0 aliphatic carbocycles. The summed E-state index contributed by atoms with van der Waals surface area (Å²) in [5.74, 6) is -1.25. The number of aliphatic hydroxyl groups excluding tert-OH is 5. The summed E-state index contributed by atoms with van der Waals surface area (Å²) >= 11 is 0. The van der Waals surface area contributed by atoms with Gasteiger partial charge in [0.05, 0.1) is 25.4 Å². The third kappa shape index (κ3) is 44.8. The number of hydrogen-bond donors (Lipinski definition) is 6. The fraction of sp³-hybridized carbons (Fsp3) is 0.718. The molecule has 8 unspecified atom stereocenters. The quantitative estimate of drug-likeness (QED) is 0.0195. The van der Waals surface area contributed by atoms with E-state index in [1.54, 1.807) is 6.08 Å². The summed E-state index contributed by atoms with van der Waals surface area (Å²) in [6.07, 6.45) is 68.4. The van der Waals surface area contributed by atoms with Crippen molar-refractivity contribution in [3.8, 4) is 0 Å². The Morgan fingerprint density at radius 3 is 1.34 bits per heavy atom. The van der Waals surface area contributed by atoms with Gasteiger partial charge in [-0.1, -0.05) is 259 Å². The number of nitrogens with one attached hydrogen (secondary N) is 1. The fourth-order valence-corrected chi connectivity index (χ4v) is 9.69. The Morgan fingerprint density at radius 2 is 0.878 bits per heavy atom. The summed E-state index contributed by atoms with van der Waals surface area (Å²) in [4.78, 5) is 26.6. The first-order valence-corrected chi connectivity index (χ1v) is 33.2. The first kappa shape index (κ1) is 76.3. The van der Waals surface area contributed by atoms with Crippen molar-refractivity contribution >= 4 is 11.9 Å². The van der Waals surface area contributed by atoms with Crippen molar-refractivity contribution in [1.82, 2.24) is 5.32 Å². The molecule has 0 aromatic carbocycles. The molecule has 0 radical (unpaired) electrons. The molecule has 8 atom stereocenters. The van der Waals surface area contributed by atoms with Crippen LogP contribution in [0.1, 0.15) is 265 Å². The Morgan fingerprint density at radius 1 is 0.488 bits per heavy atom. The zero-order valence-electron chi connectivity index (χ0n) is 52.1. The maximum atomic E-state index is 13.4. The second kappa shape index (κ2) is 57.7. The molecule has 82 heavy (non-hydrogen) atoms. The van der Waals surface area contributed by atoms with E-state index in [4.69, 9.17) is 14.2 Å². The maximum absolute atomic E-state index is 13.4. The molecule has 0 aromatic rings. The van der Waals surface area contributed by atoms with Crippen LogP contribution in [-0.2, 0) is 23.8 Å². The zero-order valence-corrected chi connectivity index (χ0v) is 52.1. The zero-order chi connectivity index (χ0) is 59.6. The minimum atomic E-state index is -1.63. The van der Waals surface area contributed by atoms with Gasteiger partial charge in [-0.2, -0.15) is 0 Å². The number of ether oxygens (including phenoxy) is 3. The lowest BCUT2D eigenvalue weighted by Gasteiger charge is -2.41. The first-order chi connectivity index (χ1) is 40.2. The topological polar surface area (TPSA) is 175 Å². The minimum absolute atomic E-state index is 0.111. The van der Waals surface area contributed by atoms with E-state index >= 15 is 0 Å². The lowest BCUT2D eigenvalue weighted by atomic mass is 9.99. The van der Waals surface area contributed by atoms with Gasteiger partial charge in [0.25, 0.3) is 0 Å². The van der Waals surface area contributed by atoms with E-state index in [0.717, 1.165) is 96.3 Å². The molecule has 11 heteroatoms. The summed E-state index contributed by atoms with van der Waals surface area (Å²) in [7, 11) is 0. The van der Waals surface area contributed by atoms with Crippen LogP contribution >= 0.6 is 0 Å². The largest absolute Gasteiger partial charge is 0.454 e. The van der Waals surface area contributed by atoms with Gasteiger partial charge in [-0.3, -0.25) is 9.59 Å². The third-order valence-electron chi connectivity index (χ3n) is 14.9. The van der Waals surface area contributed by atoms with Gasteiger partial charge in [0, 0.05) is 6.42 Å². The maximum Gasteiger partial charge on any atom is 0.306 e. The summed E-state index contributed by atoms with van der Waals surface area (Å²) in [5, 5.41) is 57.1. The molecule has 0 aromatic heterocycles. The molecule has 1 saturated heterocycles. The Labute approximate surface area is 500 Å². The van der Waals surface area contributed by atoms with Crippen molar-refractivity contribution < 1.29 is 49.3 Å². The SMILES string of the molecule is CC/C=C\C/C=C\C/C=C\C/C=C\C/C=C\C/C=C\CCCC(O)C(=O)NC(COC1OC(CO)C(O)C(O)C1OC(=O)CCCCCCCCCCCCC/C=C\C/C=C\CCCCC)C(O)/C=C/CCCCCCCCCCCC. The van der Waals surface area contributed by atoms with Gasteiger partial charge in [0.15, 0.2) is 12.4 Å². The molecule has 6 N–H and O–H groups in total. The molecule has 0 spiro atoms. The third-order valence-corrected chi connectivity index (χ3v) is 14.9. The number of rotatable bonds is 55. The Balaban J connectivity index is 2.67. The average molecular weight is 1150 g/mol. The molecule has 1 fully saturated rings. The highest BCUT2D eigenvalue weighted by molar-refractivity contribution is 5.80. The Hall–Kier alpha value is -3.68. The molecule has 1 amide bonds. The highest BCUT2D eigenvalue weighted by atomic mass is 16.7. The molecule has 1 heterocycles. The molecule has 1 aliphatic rings. The van der Waals surface area contributed by atoms with Crippen LogP contribution in [-0.4, -0.2) is 99.6 Å². The Kier molecular flexibility index (Phi) is 53.7. The predicted molar refractivity (Wildman–Crippen MR) is 342 cm³/mol. The highest BCUT2D eigenvalue weighted by Gasteiger charge is 2.47. The minimum Gasteiger partial charge on any atom is -0.454 e. The normalized spacial score (nSPS) is 19.3. The average Bonchev–Trinajstić information content (AvgIpc) is 3.66.